The van der Waals surface area contributed by atoms with Gasteiger partial charge in [0.1, 0.15) is 11.3 Å². The van der Waals surface area contributed by atoms with Crippen molar-refractivity contribution in [2.24, 2.45) is 5.92 Å². The first-order valence-corrected chi connectivity index (χ1v) is 7.83. The lowest BCUT2D eigenvalue weighted by Crippen LogP contribution is -2.36. The zero-order valence-corrected chi connectivity index (χ0v) is 13.9. The number of rotatable bonds is 5. The van der Waals surface area contributed by atoms with Crippen molar-refractivity contribution in [3.05, 3.63) is 24.3 Å². The van der Waals surface area contributed by atoms with Gasteiger partial charge in [0.25, 0.3) is 0 Å². The summed E-state index contributed by atoms with van der Waals surface area (Å²) in [4.78, 5) is 33.5. The fourth-order valence-electron chi connectivity index (χ4n) is 2.42. The van der Waals surface area contributed by atoms with E-state index in [1.54, 1.807) is 4.90 Å². The van der Waals surface area contributed by atoms with Crippen LogP contribution in [-0.4, -0.2) is 58.5 Å². The Morgan fingerprint density at radius 2 is 2.17 bits per heavy atom. The Balaban J connectivity index is 1.70. The van der Waals surface area contributed by atoms with Gasteiger partial charge in [0.05, 0.1) is 12.7 Å². The number of hydrogen-bond donors (Lipinski definition) is 1. The van der Waals surface area contributed by atoms with Gasteiger partial charge in [-0.1, -0.05) is 0 Å². The van der Waals surface area contributed by atoms with Gasteiger partial charge in [0, 0.05) is 32.0 Å². The molecule has 23 heavy (non-hydrogen) atoms. The van der Waals surface area contributed by atoms with E-state index in [2.05, 4.69) is 15.3 Å². The zero-order chi connectivity index (χ0) is 16.9. The Hall–Kier alpha value is -2.02. The summed E-state index contributed by atoms with van der Waals surface area (Å²) < 4.78 is 5.37. The number of nitrogens with one attached hydrogen (secondary N) is 1. The summed E-state index contributed by atoms with van der Waals surface area (Å²) in [6.45, 7) is 7.84. The minimum absolute atomic E-state index is 0.0832. The number of ketones is 1. The molecule has 1 aromatic rings. The van der Waals surface area contributed by atoms with Gasteiger partial charge in [-0.15, -0.1) is 0 Å². The molecule has 1 fully saturated rings. The number of nitrogens with zero attached hydrogens (tertiary/aromatic N) is 3. The van der Waals surface area contributed by atoms with Crippen molar-refractivity contribution in [2.75, 3.05) is 26.2 Å². The van der Waals surface area contributed by atoms with Crippen LogP contribution in [-0.2, 0) is 4.74 Å². The molecule has 7 heteroatoms. The van der Waals surface area contributed by atoms with Gasteiger partial charge in [0.2, 0.25) is 0 Å². The Bertz CT molecular complexity index is 542. The molecular weight excluding hydrogens is 296 g/mol. The Kier molecular flexibility index (Phi) is 5.65. The Morgan fingerprint density at radius 3 is 2.83 bits per heavy atom. The third-order valence-corrected chi connectivity index (χ3v) is 3.50. The van der Waals surface area contributed by atoms with E-state index in [0.717, 1.165) is 6.42 Å². The topological polar surface area (TPSA) is 84.4 Å². The third kappa shape index (κ3) is 5.59. The molecule has 2 rings (SSSR count). The normalized spacial score (nSPS) is 18.0. The van der Waals surface area contributed by atoms with E-state index in [9.17, 15) is 9.59 Å². The number of carbonyl (C=O) groups excluding carboxylic acids is 2. The van der Waals surface area contributed by atoms with Crippen LogP contribution in [0, 0.1) is 5.92 Å². The molecule has 1 saturated heterocycles. The standard InChI is InChI=1S/C16H24N4O3/c1-16(2,3)23-15(22)20-7-4-12(11-20)8-18-10-14(21)13-9-17-5-6-19-13/h5-6,9,12,18H,4,7-8,10-11H2,1-3H3. The monoisotopic (exact) mass is 320 g/mol. The highest BCUT2D eigenvalue weighted by Gasteiger charge is 2.29. The molecule has 1 aliphatic heterocycles. The highest BCUT2D eigenvalue weighted by Crippen LogP contribution is 2.18. The van der Waals surface area contributed by atoms with Crippen molar-refractivity contribution in [3.8, 4) is 0 Å². The van der Waals surface area contributed by atoms with Gasteiger partial charge in [-0.25, -0.2) is 9.78 Å². The summed E-state index contributed by atoms with van der Waals surface area (Å²) in [7, 11) is 0. The van der Waals surface area contributed by atoms with Crippen LogP contribution in [0.15, 0.2) is 18.6 Å². The Labute approximate surface area is 136 Å². The van der Waals surface area contributed by atoms with Gasteiger partial charge >= 0.3 is 6.09 Å². The van der Waals surface area contributed by atoms with Gasteiger partial charge in [-0.2, -0.15) is 0 Å². The second-order valence-corrected chi connectivity index (χ2v) is 6.73. The van der Waals surface area contributed by atoms with Crippen LogP contribution in [0.1, 0.15) is 37.7 Å². The van der Waals surface area contributed by atoms with Crippen molar-refractivity contribution in [1.29, 1.82) is 0 Å². The molecule has 2 heterocycles. The molecule has 0 radical (unpaired) electrons. The number of likely N-dealkylation sites (tertiary alicyclic amines) is 1. The molecule has 0 spiro atoms. The fraction of sp³-hybridized carbons (Fsp3) is 0.625. The molecule has 0 aliphatic carbocycles. The van der Waals surface area contributed by atoms with Crippen molar-refractivity contribution in [2.45, 2.75) is 32.8 Å². The lowest BCUT2D eigenvalue weighted by atomic mass is 10.1. The number of carbonyl (C=O) groups is 2. The van der Waals surface area contributed by atoms with Crippen LogP contribution >= 0.6 is 0 Å². The van der Waals surface area contributed by atoms with E-state index in [4.69, 9.17) is 4.74 Å². The highest BCUT2D eigenvalue weighted by molar-refractivity contribution is 5.95. The average molecular weight is 320 g/mol. The Morgan fingerprint density at radius 1 is 1.39 bits per heavy atom. The number of aromatic nitrogens is 2. The van der Waals surface area contributed by atoms with Crippen molar-refractivity contribution >= 4 is 11.9 Å². The van der Waals surface area contributed by atoms with Gasteiger partial charge < -0.3 is 15.0 Å². The van der Waals surface area contributed by atoms with Crippen LogP contribution in [0.4, 0.5) is 4.79 Å². The predicted octanol–water partition coefficient (Wildman–Crippen LogP) is 1.51. The molecule has 1 N–H and O–H groups in total. The first-order chi connectivity index (χ1) is 10.8. The third-order valence-electron chi connectivity index (χ3n) is 3.50. The first-order valence-electron chi connectivity index (χ1n) is 7.83. The molecule has 1 unspecified atom stereocenters. The minimum atomic E-state index is -0.476. The maximum atomic E-state index is 12.0. The molecule has 1 aliphatic rings. The molecule has 0 saturated carbocycles. The SMILES string of the molecule is CC(C)(C)OC(=O)N1CCC(CNCC(=O)c2cnccn2)C1. The van der Waals surface area contributed by atoms with Gasteiger partial charge in [-0.3, -0.25) is 9.78 Å². The molecular formula is C16H24N4O3. The molecule has 7 nitrogen and oxygen atoms in total. The van der Waals surface area contributed by atoms with E-state index in [1.165, 1.54) is 18.6 Å². The number of amides is 1. The van der Waals surface area contributed by atoms with E-state index in [0.29, 0.717) is 31.2 Å². The number of hydrogen-bond acceptors (Lipinski definition) is 6. The molecule has 0 aromatic carbocycles. The zero-order valence-electron chi connectivity index (χ0n) is 13.9. The lowest BCUT2D eigenvalue weighted by molar-refractivity contribution is 0.0288. The maximum Gasteiger partial charge on any atom is 0.410 e. The molecule has 1 atom stereocenters. The summed E-state index contributed by atoms with van der Waals surface area (Å²) >= 11 is 0. The van der Waals surface area contributed by atoms with E-state index in [-0.39, 0.29) is 18.4 Å². The quantitative estimate of drug-likeness (QED) is 0.828. The summed E-state index contributed by atoms with van der Waals surface area (Å²) in [5.41, 5.74) is -0.113. The largest absolute Gasteiger partial charge is 0.444 e. The summed E-state index contributed by atoms with van der Waals surface area (Å²) in [5, 5.41) is 3.14. The summed E-state index contributed by atoms with van der Waals surface area (Å²) in [5.74, 6) is 0.247. The van der Waals surface area contributed by atoms with Gasteiger partial charge in [-0.05, 0) is 33.1 Å². The van der Waals surface area contributed by atoms with Gasteiger partial charge in [0.15, 0.2) is 5.78 Å². The van der Waals surface area contributed by atoms with Crippen LogP contribution < -0.4 is 5.32 Å². The molecule has 1 aromatic heterocycles. The number of ether oxygens (including phenoxy) is 1. The van der Waals surface area contributed by atoms with Crippen LogP contribution in [0.25, 0.3) is 0 Å². The molecule has 126 valence electrons. The highest BCUT2D eigenvalue weighted by atomic mass is 16.6. The maximum absolute atomic E-state index is 12.0. The van der Waals surface area contributed by atoms with E-state index < -0.39 is 5.60 Å². The second kappa shape index (κ2) is 7.50. The molecule has 1 amide bonds. The fourth-order valence-corrected chi connectivity index (χ4v) is 2.42. The van der Waals surface area contributed by atoms with Crippen molar-refractivity contribution in [3.63, 3.8) is 0 Å². The minimum Gasteiger partial charge on any atom is -0.444 e. The van der Waals surface area contributed by atoms with Crippen molar-refractivity contribution < 1.29 is 14.3 Å². The smallest absolute Gasteiger partial charge is 0.410 e. The second-order valence-electron chi connectivity index (χ2n) is 6.73. The predicted molar refractivity (Wildman–Crippen MR) is 85.1 cm³/mol. The average Bonchev–Trinajstić information content (AvgIpc) is 2.95. The van der Waals surface area contributed by atoms with Crippen molar-refractivity contribution in [1.82, 2.24) is 20.2 Å². The van der Waals surface area contributed by atoms with Crippen LogP contribution in [0.2, 0.25) is 0 Å². The van der Waals surface area contributed by atoms with E-state index in [1.807, 2.05) is 20.8 Å². The van der Waals surface area contributed by atoms with Crippen LogP contribution in [0.3, 0.4) is 0 Å². The number of Topliss-reactive ketones (excluding diaryl/α,β-unsaturated/α-hetero) is 1. The van der Waals surface area contributed by atoms with E-state index >= 15 is 0 Å². The summed E-state index contributed by atoms with van der Waals surface area (Å²) in [6.07, 6.45) is 5.14. The molecule has 0 bridgehead atoms. The van der Waals surface area contributed by atoms with Crippen LogP contribution in [0.5, 0.6) is 0 Å². The first kappa shape index (κ1) is 17.3. The summed E-state index contributed by atoms with van der Waals surface area (Å²) in [6, 6.07) is 0. The lowest BCUT2D eigenvalue weighted by Gasteiger charge is -2.24.